The van der Waals surface area contributed by atoms with Gasteiger partial charge >= 0.3 is 0 Å². The molecule has 10 heavy (non-hydrogen) atoms. The van der Waals surface area contributed by atoms with E-state index < -0.39 is 5.38 Å². The maximum atomic E-state index is 11.1. The van der Waals surface area contributed by atoms with Crippen molar-refractivity contribution in [2.45, 2.75) is 32.2 Å². The number of carbonyl (C=O) groups excluding carboxylic acids is 1. The zero-order valence-electron chi connectivity index (χ0n) is 6.89. The van der Waals surface area contributed by atoms with E-state index in [1.54, 1.807) is 18.9 Å². The molecule has 0 fully saturated rings. The SMILES string of the molecule is CC(C)N(C)C(=O)[C@@H](C)Cl. The Morgan fingerprint density at radius 3 is 1.90 bits per heavy atom. The molecule has 0 rings (SSSR count). The standard InChI is InChI=1S/C7H14ClNO/c1-5(2)9(4)7(10)6(3)8/h5-6H,1-4H3/t6-/m1/s1. The van der Waals surface area contributed by atoms with Crippen LogP contribution in [0.15, 0.2) is 0 Å². The molecular weight excluding hydrogens is 150 g/mol. The molecule has 0 saturated heterocycles. The molecule has 0 aliphatic heterocycles. The van der Waals surface area contributed by atoms with Crippen LogP contribution in [0.5, 0.6) is 0 Å². The van der Waals surface area contributed by atoms with Gasteiger partial charge in [0, 0.05) is 13.1 Å². The van der Waals surface area contributed by atoms with Crippen LogP contribution >= 0.6 is 11.6 Å². The molecule has 2 nitrogen and oxygen atoms in total. The Bertz CT molecular complexity index is 123. The van der Waals surface area contributed by atoms with Gasteiger partial charge in [0.2, 0.25) is 5.91 Å². The third kappa shape index (κ3) is 2.56. The van der Waals surface area contributed by atoms with Crippen LogP contribution in [-0.4, -0.2) is 29.3 Å². The van der Waals surface area contributed by atoms with Crippen LogP contribution in [0, 0.1) is 0 Å². The van der Waals surface area contributed by atoms with Gasteiger partial charge in [-0.25, -0.2) is 0 Å². The van der Waals surface area contributed by atoms with Crippen LogP contribution in [0.2, 0.25) is 0 Å². The number of hydrogen-bond donors (Lipinski definition) is 0. The molecule has 3 heteroatoms. The molecule has 0 aliphatic carbocycles. The van der Waals surface area contributed by atoms with Gasteiger partial charge in [-0.2, -0.15) is 0 Å². The largest absolute Gasteiger partial charge is 0.342 e. The molecule has 60 valence electrons. The number of alkyl halides is 1. The second-order valence-electron chi connectivity index (χ2n) is 2.66. The molecule has 0 N–H and O–H groups in total. The van der Waals surface area contributed by atoms with E-state index in [1.165, 1.54) is 0 Å². The minimum absolute atomic E-state index is 0.0170. The van der Waals surface area contributed by atoms with Crippen LogP contribution in [-0.2, 0) is 4.79 Å². The van der Waals surface area contributed by atoms with Gasteiger partial charge in [0.05, 0.1) is 0 Å². The number of nitrogens with zero attached hydrogens (tertiary/aromatic N) is 1. The average molecular weight is 164 g/mol. The summed E-state index contributed by atoms with van der Waals surface area (Å²) in [6.45, 7) is 5.59. The van der Waals surface area contributed by atoms with Crippen molar-refractivity contribution >= 4 is 17.5 Å². The lowest BCUT2D eigenvalue weighted by Gasteiger charge is -2.22. The molecule has 0 unspecified atom stereocenters. The topological polar surface area (TPSA) is 20.3 Å². The summed E-state index contributed by atoms with van der Waals surface area (Å²) in [4.78, 5) is 12.7. The van der Waals surface area contributed by atoms with E-state index in [0.717, 1.165) is 0 Å². The summed E-state index contributed by atoms with van der Waals surface area (Å²) in [5.41, 5.74) is 0. The van der Waals surface area contributed by atoms with Gasteiger partial charge in [-0.3, -0.25) is 4.79 Å². The lowest BCUT2D eigenvalue weighted by Crippen LogP contribution is -2.37. The molecule has 0 heterocycles. The predicted molar refractivity (Wildman–Crippen MR) is 43.2 cm³/mol. The number of amides is 1. The van der Waals surface area contributed by atoms with Crippen molar-refractivity contribution in [3.8, 4) is 0 Å². The van der Waals surface area contributed by atoms with Gasteiger partial charge in [-0.1, -0.05) is 0 Å². The Morgan fingerprint density at radius 1 is 1.40 bits per heavy atom. The molecule has 0 aromatic heterocycles. The molecule has 1 amide bonds. The quantitative estimate of drug-likeness (QED) is 0.565. The second kappa shape index (κ2) is 3.81. The number of halogens is 1. The number of rotatable bonds is 2. The summed E-state index contributed by atoms with van der Waals surface area (Å²) >= 11 is 5.58. The van der Waals surface area contributed by atoms with Gasteiger partial charge in [0.15, 0.2) is 0 Å². The molecule has 0 aromatic carbocycles. The smallest absolute Gasteiger partial charge is 0.240 e. The predicted octanol–water partition coefficient (Wildman–Crippen LogP) is 1.48. The molecule has 0 aliphatic rings. The summed E-state index contributed by atoms with van der Waals surface area (Å²) in [5.74, 6) is -0.0170. The number of hydrogen-bond acceptors (Lipinski definition) is 1. The first-order valence-corrected chi connectivity index (χ1v) is 3.81. The van der Waals surface area contributed by atoms with E-state index in [2.05, 4.69) is 0 Å². The van der Waals surface area contributed by atoms with Crippen LogP contribution in [0.4, 0.5) is 0 Å². The van der Waals surface area contributed by atoms with Crippen LogP contribution < -0.4 is 0 Å². The average Bonchev–Trinajstić information content (AvgIpc) is 1.84. The molecule has 0 bridgehead atoms. The number of carbonyl (C=O) groups is 1. The minimum Gasteiger partial charge on any atom is -0.342 e. The van der Waals surface area contributed by atoms with Crippen molar-refractivity contribution in [3.05, 3.63) is 0 Å². The third-order valence-electron chi connectivity index (χ3n) is 1.46. The first-order valence-electron chi connectivity index (χ1n) is 3.37. The lowest BCUT2D eigenvalue weighted by atomic mass is 10.3. The Hall–Kier alpha value is -0.240. The van der Waals surface area contributed by atoms with Crippen molar-refractivity contribution in [2.75, 3.05) is 7.05 Å². The van der Waals surface area contributed by atoms with E-state index in [9.17, 15) is 4.79 Å². The van der Waals surface area contributed by atoms with Gasteiger partial charge in [-0.15, -0.1) is 11.6 Å². The highest BCUT2D eigenvalue weighted by molar-refractivity contribution is 6.30. The Morgan fingerprint density at radius 2 is 1.80 bits per heavy atom. The maximum absolute atomic E-state index is 11.1. The van der Waals surface area contributed by atoms with Crippen LogP contribution in [0.3, 0.4) is 0 Å². The highest BCUT2D eigenvalue weighted by Gasteiger charge is 2.16. The molecule has 1 atom stereocenters. The van der Waals surface area contributed by atoms with Gasteiger partial charge in [-0.05, 0) is 20.8 Å². The van der Waals surface area contributed by atoms with E-state index in [0.29, 0.717) is 0 Å². The van der Waals surface area contributed by atoms with Crippen LogP contribution in [0.1, 0.15) is 20.8 Å². The fourth-order valence-electron chi connectivity index (χ4n) is 0.535. The lowest BCUT2D eigenvalue weighted by molar-refractivity contribution is -0.130. The Kier molecular flexibility index (Phi) is 3.72. The van der Waals surface area contributed by atoms with Crippen molar-refractivity contribution < 1.29 is 4.79 Å². The molecular formula is C7H14ClNO. The summed E-state index contributed by atoms with van der Waals surface area (Å²) in [5, 5.41) is -0.410. The third-order valence-corrected chi connectivity index (χ3v) is 1.65. The van der Waals surface area contributed by atoms with E-state index >= 15 is 0 Å². The minimum atomic E-state index is -0.410. The molecule has 0 saturated carbocycles. The monoisotopic (exact) mass is 163 g/mol. The van der Waals surface area contributed by atoms with Gasteiger partial charge in [0.25, 0.3) is 0 Å². The summed E-state index contributed by atoms with van der Waals surface area (Å²) in [7, 11) is 1.76. The van der Waals surface area contributed by atoms with Crippen molar-refractivity contribution in [1.82, 2.24) is 4.90 Å². The fourth-order valence-corrected chi connectivity index (χ4v) is 0.689. The molecule has 0 aromatic rings. The van der Waals surface area contributed by atoms with E-state index in [1.807, 2.05) is 13.8 Å². The van der Waals surface area contributed by atoms with Crippen molar-refractivity contribution in [3.63, 3.8) is 0 Å². The van der Waals surface area contributed by atoms with Gasteiger partial charge in [0.1, 0.15) is 5.38 Å². The molecule has 0 spiro atoms. The highest BCUT2D eigenvalue weighted by Crippen LogP contribution is 2.02. The first kappa shape index (κ1) is 9.76. The summed E-state index contributed by atoms with van der Waals surface area (Å²) < 4.78 is 0. The maximum Gasteiger partial charge on any atom is 0.240 e. The van der Waals surface area contributed by atoms with E-state index in [4.69, 9.17) is 11.6 Å². The second-order valence-corrected chi connectivity index (χ2v) is 3.31. The highest BCUT2D eigenvalue weighted by atomic mass is 35.5. The van der Waals surface area contributed by atoms with Crippen molar-refractivity contribution in [1.29, 1.82) is 0 Å². The fraction of sp³-hybridized carbons (Fsp3) is 0.857. The Labute approximate surface area is 67.2 Å². The first-order chi connectivity index (χ1) is 4.46. The van der Waals surface area contributed by atoms with Crippen LogP contribution in [0.25, 0.3) is 0 Å². The summed E-state index contributed by atoms with van der Waals surface area (Å²) in [6.07, 6.45) is 0. The zero-order chi connectivity index (χ0) is 8.31. The van der Waals surface area contributed by atoms with E-state index in [-0.39, 0.29) is 11.9 Å². The van der Waals surface area contributed by atoms with Gasteiger partial charge < -0.3 is 4.90 Å². The van der Waals surface area contributed by atoms with Crippen molar-refractivity contribution in [2.24, 2.45) is 0 Å². The molecule has 0 radical (unpaired) electrons. The normalized spacial score (nSPS) is 13.4. The Balaban J connectivity index is 3.95. The summed E-state index contributed by atoms with van der Waals surface area (Å²) in [6, 6.07) is 0.230. The zero-order valence-corrected chi connectivity index (χ0v) is 7.64.